The topological polar surface area (TPSA) is 166 Å². The molecule has 0 aliphatic rings. The Morgan fingerprint density at radius 3 is 2.68 bits per heavy atom. The fourth-order valence-corrected chi connectivity index (χ4v) is 1.58. The lowest BCUT2D eigenvalue weighted by Gasteiger charge is -2.06. The standard InChI is InChI=1S/C8H10N4O6S/c9-19(17,18)2-1-10-6-4-11-7(12(15)16)3-5(6)8(13)14/h3-4,10H,1-2H2,(H,13,14)(H2,9,17,18). The number of primary sulfonamides is 1. The number of hydrogen-bond donors (Lipinski definition) is 3. The highest BCUT2D eigenvalue weighted by Crippen LogP contribution is 2.19. The number of carboxylic acid groups (broad SMARTS) is 1. The molecule has 1 aromatic heterocycles. The van der Waals surface area contributed by atoms with Crippen LogP contribution in [0, 0.1) is 10.1 Å². The molecule has 104 valence electrons. The minimum atomic E-state index is -3.69. The molecule has 11 heteroatoms. The fourth-order valence-electron chi connectivity index (χ4n) is 1.19. The molecule has 0 aliphatic heterocycles. The average molecular weight is 290 g/mol. The van der Waals surface area contributed by atoms with Gasteiger partial charge in [0.15, 0.2) is 6.20 Å². The fraction of sp³-hybridized carbons (Fsp3) is 0.250. The minimum absolute atomic E-state index is 0.0262. The van der Waals surface area contributed by atoms with Crippen molar-refractivity contribution in [2.45, 2.75) is 0 Å². The second kappa shape index (κ2) is 5.58. The predicted molar refractivity (Wildman–Crippen MR) is 64.3 cm³/mol. The van der Waals surface area contributed by atoms with E-state index in [1.165, 1.54) is 0 Å². The van der Waals surface area contributed by atoms with Crippen molar-refractivity contribution in [3.8, 4) is 0 Å². The molecule has 0 spiro atoms. The smallest absolute Gasteiger partial charge is 0.364 e. The third-order valence-electron chi connectivity index (χ3n) is 2.01. The molecule has 10 nitrogen and oxygen atoms in total. The highest BCUT2D eigenvalue weighted by Gasteiger charge is 2.18. The number of pyridine rings is 1. The number of carbonyl (C=O) groups is 1. The summed E-state index contributed by atoms with van der Waals surface area (Å²) in [6.45, 7) is -0.140. The van der Waals surface area contributed by atoms with Crippen LogP contribution >= 0.6 is 0 Å². The highest BCUT2D eigenvalue weighted by molar-refractivity contribution is 7.89. The largest absolute Gasteiger partial charge is 0.478 e. The number of anilines is 1. The molecule has 4 N–H and O–H groups in total. The van der Waals surface area contributed by atoms with Crippen LogP contribution in [0.3, 0.4) is 0 Å². The summed E-state index contributed by atoms with van der Waals surface area (Å²) in [4.78, 5) is 24.0. The van der Waals surface area contributed by atoms with Crippen LogP contribution in [0.5, 0.6) is 0 Å². The van der Waals surface area contributed by atoms with Crippen molar-refractivity contribution < 1.29 is 23.2 Å². The Kier molecular flexibility index (Phi) is 4.34. The van der Waals surface area contributed by atoms with Gasteiger partial charge in [-0.1, -0.05) is 0 Å². The van der Waals surface area contributed by atoms with Gasteiger partial charge in [0.1, 0.15) is 0 Å². The quantitative estimate of drug-likeness (QED) is 0.460. The Bertz CT molecular complexity index is 614. The summed E-state index contributed by atoms with van der Waals surface area (Å²) in [6.07, 6.45) is 0.949. The molecule has 1 heterocycles. The van der Waals surface area contributed by atoms with Crippen molar-refractivity contribution in [3.63, 3.8) is 0 Å². The molecule has 0 atom stereocenters. The molecule has 0 saturated carbocycles. The lowest BCUT2D eigenvalue weighted by Crippen LogP contribution is -2.23. The Balaban J connectivity index is 2.94. The summed E-state index contributed by atoms with van der Waals surface area (Å²) < 4.78 is 21.4. The minimum Gasteiger partial charge on any atom is -0.478 e. The van der Waals surface area contributed by atoms with Gasteiger partial charge in [-0.2, -0.15) is 0 Å². The third-order valence-corrected chi connectivity index (χ3v) is 2.78. The van der Waals surface area contributed by atoms with Crippen LogP contribution in [0.4, 0.5) is 11.5 Å². The molecular formula is C8H10N4O6S. The van der Waals surface area contributed by atoms with E-state index in [9.17, 15) is 23.3 Å². The summed E-state index contributed by atoms with van der Waals surface area (Å²) >= 11 is 0. The lowest BCUT2D eigenvalue weighted by atomic mass is 10.2. The number of nitrogens with two attached hydrogens (primary N) is 1. The van der Waals surface area contributed by atoms with Crippen LogP contribution < -0.4 is 10.5 Å². The maximum atomic E-state index is 10.9. The zero-order valence-corrected chi connectivity index (χ0v) is 10.3. The monoisotopic (exact) mass is 290 g/mol. The maximum absolute atomic E-state index is 10.9. The number of nitrogens with zero attached hydrogens (tertiary/aromatic N) is 2. The molecule has 0 saturated heterocycles. The van der Waals surface area contributed by atoms with Crippen LogP contribution in [-0.4, -0.2) is 41.7 Å². The van der Waals surface area contributed by atoms with E-state index in [4.69, 9.17) is 10.2 Å². The van der Waals surface area contributed by atoms with Gasteiger partial charge in [0, 0.05) is 6.54 Å². The van der Waals surface area contributed by atoms with Gasteiger partial charge in [-0.15, -0.1) is 0 Å². The molecule has 19 heavy (non-hydrogen) atoms. The second-order valence-electron chi connectivity index (χ2n) is 3.44. The number of rotatable bonds is 6. The first kappa shape index (κ1) is 14.8. The van der Waals surface area contributed by atoms with Gasteiger partial charge in [-0.05, 0) is 9.91 Å². The number of carboxylic acids is 1. The number of nitrogens with one attached hydrogen (secondary N) is 1. The number of nitro groups is 1. The first-order valence-corrected chi connectivity index (χ1v) is 6.54. The van der Waals surface area contributed by atoms with Crippen LogP contribution in [0.1, 0.15) is 10.4 Å². The second-order valence-corrected chi connectivity index (χ2v) is 5.18. The van der Waals surface area contributed by atoms with Gasteiger partial charge < -0.3 is 20.5 Å². The summed E-state index contributed by atoms with van der Waals surface area (Å²) in [6, 6.07) is 0.779. The van der Waals surface area contributed by atoms with Gasteiger partial charge in [0.05, 0.1) is 23.1 Å². The molecule has 0 amide bonds. The van der Waals surface area contributed by atoms with Crippen LogP contribution in [0.2, 0.25) is 0 Å². The van der Waals surface area contributed by atoms with E-state index in [1.807, 2.05) is 0 Å². The summed E-state index contributed by atoms with van der Waals surface area (Å²) in [5.41, 5.74) is -0.405. The van der Waals surface area contributed by atoms with E-state index in [0.29, 0.717) is 0 Å². The maximum Gasteiger partial charge on any atom is 0.364 e. The Hall–Kier alpha value is -2.27. The van der Waals surface area contributed by atoms with E-state index >= 15 is 0 Å². The number of aromatic nitrogens is 1. The van der Waals surface area contributed by atoms with Crippen molar-refractivity contribution in [1.82, 2.24) is 4.98 Å². The van der Waals surface area contributed by atoms with E-state index in [2.05, 4.69) is 10.3 Å². The molecule has 0 fully saturated rings. The summed E-state index contributed by atoms with van der Waals surface area (Å²) in [5.74, 6) is -2.43. The van der Waals surface area contributed by atoms with Crippen molar-refractivity contribution >= 4 is 27.5 Å². The van der Waals surface area contributed by atoms with Crippen LogP contribution in [0.25, 0.3) is 0 Å². The summed E-state index contributed by atoms with van der Waals surface area (Å²) in [5, 5.41) is 26.6. The molecule has 0 aromatic carbocycles. The van der Waals surface area contributed by atoms with Crippen molar-refractivity contribution in [2.24, 2.45) is 5.14 Å². The zero-order chi connectivity index (χ0) is 14.6. The zero-order valence-electron chi connectivity index (χ0n) is 9.44. The van der Waals surface area contributed by atoms with Gasteiger partial charge in [-0.25, -0.2) is 18.4 Å². The number of aromatic carboxylic acids is 1. The first-order valence-electron chi connectivity index (χ1n) is 4.83. The van der Waals surface area contributed by atoms with E-state index < -0.39 is 32.5 Å². The lowest BCUT2D eigenvalue weighted by molar-refractivity contribution is -0.389. The number of hydrogen-bond acceptors (Lipinski definition) is 7. The van der Waals surface area contributed by atoms with E-state index in [1.54, 1.807) is 0 Å². The summed E-state index contributed by atoms with van der Waals surface area (Å²) in [7, 11) is -3.69. The van der Waals surface area contributed by atoms with Gasteiger partial charge in [0.25, 0.3) is 0 Å². The van der Waals surface area contributed by atoms with Crippen LogP contribution in [0.15, 0.2) is 12.3 Å². The highest BCUT2D eigenvalue weighted by atomic mass is 32.2. The van der Waals surface area contributed by atoms with E-state index in [0.717, 1.165) is 12.3 Å². The molecule has 1 rings (SSSR count). The van der Waals surface area contributed by atoms with E-state index in [-0.39, 0.29) is 17.8 Å². The molecule has 0 aliphatic carbocycles. The Morgan fingerprint density at radius 1 is 1.58 bits per heavy atom. The SMILES string of the molecule is NS(=O)(=O)CCNc1cnc([N+](=O)[O-])cc1C(=O)O. The predicted octanol–water partition coefficient (Wildman–Crippen LogP) is -0.612. The molecule has 0 bridgehead atoms. The van der Waals surface area contributed by atoms with Crippen molar-refractivity contribution in [2.75, 3.05) is 17.6 Å². The van der Waals surface area contributed by atoms with Gasteiger partial charge >= 0.3 is 11.8 Å². The Morgan fingerprint density at radius 2 is 2.21 bits per heavy atom. The van der Waals surface area contributed by atoms with Crippen molar-refractivity contribution in [3.05, 3.63) is 27.9 Å². The van der Waals surface area contributed by atoms with Crippen molar-refractivity contribution in [1.29, 1.82) is 0 Å². The normalized spacial score (nSPS) is 11.0. The van der Waals surface area contributed by atoms with Gasteiger partial charge in [0.2, 0.25) is 10.0 Å². The molecule has 0 unspecified atom stereocenters. The van der Waals surface area contributed by atoms with Gasteiger partial charge in [-0.3, -0.25) is 0 Å². The first-order chi connectivity index (χ1) is 8.70. The third kappa shape index (κ3) is 4.48. The molecule has 1 aromatic rings. The molecular weight excluding hydrogens is 280 g/mol. The van der Waals surface area contributed by atoms with Crippen LogP contribution in [-0.2, 0) is 10.0 Å². The average Bonchev–Trinajstić information content (AvgIpc) is 2.27. The molecule has 0 radical (unpaired) electrons. The number of sulfonamides is 1. The Labute approximate surface area is 107 Å².